The molecule has 140 valence electrons. The van der Waals surface area contributed by atoms with Gasteiger partial charge in [-0.25, -0.2) is 4.39 Å². The average molecular weight is 386 g/mol. The number of para-hydroxylation sites is 1. The molecule has 1 atom stereocenters. The summed E-state index contributed by atoms with van der Waals surface area (Å²) in [4.78, 5) is 12.7. The molecule has 27 heavy (non-hydrogen) atoms. The van der Waals surface area contributed by atoms with E-state index in [0.717, 1.165) is 0 Å². The van der Waals surface area contributed by atoms with E-state index >= 15 is 0 Å². The minimum Gasteiger partial charge on any atom is -0.504 e. The first-order valence-electron chi connectivity index (χ1n) is 8.23. The highest BCUT2D eigenvalue weighted by Crippen LogP contribution is 2.35. The number of anilines is 1. The Labute approximate surface area is 160 Å². The van der Waals surface area contributed by atoms with Crippen LogP contribution in [0.3, 0.4) is 0 Å². The smallest absolute Gasteiger partial charge is 0.260 e. The Morgan fingerprint density at radius 1 is 1.41 bits per heavy atom. The molecule has 3 rings (SSSR count). The summed E-state index contributed by atoms with van der Waals surface area (Å²) in [5.74, 6) is -0.263. The van der Waals surface area contributed by atoms with Gasteiger partial charge in [0.05, 0.1) is 17.7 Å². The van der Waals surface area contributed by atoms with Crippen LogP contribution in [-0.4, -0.2) is 23.6 Å². The SMILES string of the molecule is C=CCc1cc(/C=C2\SC(Nc3ccccc3F)NC2=O)cc(OC)c1O. The summed E-state index contributed by atoms with van der Waals surface area (Å²) in [7, 11) is 1.47. The van der Waals surface area contributed by atoms with E-state index in [1.807, 2.05) is 0 Å². The number of amides is 1. The Hall–Kier alpha value is -2.93. The highest BCUT2D eigenvalue weighted by molar-refractivity contribution is 8.05. The molecule has 1 fully saturated rings. The van der Waals surface area contributed by atoms with Gasteiger partial charge in [-0.05, 0) is 42.3 Å². The first kappa shape index (κ1) is 18.8. The lowest BCUT2D eigenvalue weighted by molar-refractivity contribution is -0.116. The standard InChI is InChI=1S/C20H19FN2O3S/c1-3-6-13-9-12(10-16(26-2)18(13)24)11-17-19(25)23-20(27-17)22-15-8-5-4-7-14(15)21/h3-5,7-11,20,22,24H,1,6H2,2H3,(H,23,25)/b17-11-. The van der Waals surface area contributed by atoms with Crippen LogP contribution in [0.25, 0.3) is 6.08 Å². The van der Waals surface area contributed by atoms with E-state index in [1.165, 1.54) is 24.9 Å². The van der Waals surface area contributed by atoms with Crippen molar-refractivity contribution in [2.45, 2.75) is 11.9 Å². The Bertz CT molecular complexity index is 914. The van der Waals surface area contributed by atoms with E-state index < -0.39 is 5.50 Å². The largest absolute Gasteiger partial charge is 0.504 e. The number of phenolic OH excluding ortho intramolecular Hbond substituents is 1. The maximum absolute atomic E-state index is 13.8. The van der Waals surface area contributed by atoms with Crippen LogP contribution >= 0.6 is 11.8 Å². The van der Waals surface area contributed by atoms with Crippen molar-refractivity contribution in [2.24, 2.45) is 0 Å². The van der Waals surface area contributed by atoms with Gasteiger partial charge in [0.1, 0.15) is 5.82 Å². The molecule has 1 aliphatic heterocycles. The molecule has 0 bridgehead atoms. The van der Waals surface area contributed by atoms with Gasteiger partial charge in [0.2, 0.25) is 0 Å². The predicted molar refractivity (Wildman–Crippen MR) is 106 cm³/mol. The fraction of sp³-hybridized carbons (Fsp3) is 0.150. The molecule has 0 radical (unpaired) electrons. The van der Waals surface area contributed by atoms with Crippen LogP contribution in [0.2, 0.25) is 0 Å². The molecule has 1 amide bonds. The van der Waals surface area contributed by atoms with Crippen molar-refractivity contribution < 1.29 is 19.0 Å². The van der Waals surface area contributed by atoms with Crippen molar-refractivity contribution in [1.82, 2.24) is 5.32 Å². The van der Waals surface area contributed by atoms with Gasteiger partial charge in [-0.1, -0.05) is 30.0 Å². The Kier molecular flexibility index (Phi) is 5.71. The first-order valence-corrected chi connectivity index (χ1v) is 9.11. The van der Waals surface area contributed by atoms with E-state index in [4.69, 9.17) is 4.74 Å². The zero-order valence-corrected chi connectivity index (χ0v) is 15.5. The van der Waals surface area contributed by atoms with Gasteiger partial charge in [-0.15, -0.1) is 6.58 Å². The van der Waals surface area contributed by atoms with Crippen LogP contribution in [0.15, 0.2) is 54.0 Å². The third-order valence-corrected chi connectivity index (χ3v) is 4.98. The van der Waals surface area contributed by atoms with Gasteiger partial charge in [0.25, 0.3) is 5.91 Å². The summed E-state index contributed by atoms with van der Waals surface area (Å²) < 4.78 is 19.0. The molecule has 3 N–H and O–H groups in total. The molecule has 2 aromatic carbocycles. The number of thioether (sulfide) groups is 1. The number of halogens is 1. The number of carbonyl (C=O) groups excluding carboxylic acids is 1. The third kappa shape index (κ3) is 4.25. The zero-order valence-electron chi connectivity index (χ0n) is 14.7. The monoisotopic (exact) mass is 386 g/mol. The summed E-state index contributed by atoms with van der Waals surface area (Å²) in [6.07, 6.45) is 3.85. The quantitative estimate of drug-likeness (QED) is 0.519. The van der Waals surface area contributed by atoms with Gasteiger partial charge in [0.15, 0.2) is 17.0 Å². The highest BCUT2D eigenvalue weighted by Gasteiger charge is 2.27. The molecular formula is C20H19FN2O3S. The topological polar surface area (TPSA) is 70.6 Å². The lowest BCUT2D eigenvalue weighted by Crippen LogP contribution is -2.31. The number of nitrogens with one attached hydrogen (secondary N) is 2. The summed E-state index contributed by atoms with van der Waals surface area (Å²) in [5, 5.41) is 15.9. The normalized spacial score (nSPS) is 17.6. The Morgan fingerprint density at radius 3 is 2.89 bits per heavy atom. The van der Waals surface area contributed by atoms with Crippen LogP contribution in [-0.2, 0) is 11.2 Å². The predicted octanol–water partition coefficient (Wildman–Crippen LogP) is 3.87. The van der Waals surface area contributed by atoms with E-state index in [0.29, 0.717) is 33.9 Å². The molecule has 2 aromatic rings. The number of benzene rings is 2. The van der Waals surface area contributed by atoms with Crippen molar-refractivity contribution in [2.75, 3.05) is 12.4 Å². The van der Waals surface area contributed by atoms with E-state index in [9.17, 15) is 14.3 Å². The van der Waals surface area contributed by atoms with Gasteiger partial charge in [0, 0.05) is 5.56 Å². The lowest BCUT2D eigenvalue weighted by Gasteiger charge is -2.13. The van der Waals surface area contributed by atoms with Gasteiger partial charge >= 0.3 is 0 Å². The average Bonchev–Trinajstić information content (AvgIpc) is 2.99. The van der Waals surface area contributed by atoms with E-state index in [-0.39, 0.29) is 17.5 Å². The number of ether oxygens (including phenoxy) is 1. The minimum atomic E-state index is -0.479. The second-order valence-corrected chi connectivity index (χ2v) is 6.97. The summed E-state index contributed by atoms with van der Waals surface area (Å²) in [5.41, 5.74) is 1.20. The van der Waals surface area contributed by atoms with Crippen LogP contribution < -0.4 is 15.4 Å². The summed E-state index contributed by atoms with van der Waals surface area (Å²) in [6.45, 7) is 3.68. The van der Waals surface area contributed by atoms with E-state index in [1.54, 1.807) is 42.5 Å². The molecule has 0 saturated carbocycles. The van der Waals surface area contributed by atoms with Crippen molar-refractivity contribution in [3.63, 3.8) is 0 Å². The van der Waals surface area contributed by atoms with Crippen LogP contribution in [0, 0.1) is 5.82 Å². The fourth-order valence-electron chi connectivity index (χ4n) is 2.68. The van der Waals surface area contributed by atoms with E-state index in [2.05, 4.69) is 17.2 Å². The molecule has 0 aromatic heterocycles. The molecule has 0 spiro atoms. The second kappa shape index (κ2) is 8.18. The van der Waals surface area contributed by atoms with Crippen molar-refractivity contribution in [3.05, 3.63) is 70.9 Å². The second-order valence-electron chi connectivity index (χ2n) is 5.83. The number of hydrogen-bond acceptors (Lipinski definition) is 5. The number of allylic oxidation sites excluding steroid dienone is 1. The lowest BCUT2D eigenvalue weighted by atomic mass is 10.1. The fourth-order valence-corrected chi connectivity index (χ4v) is 3.65. The van der Waals surface area contributed by atoms with Crippen LogP contribution in [0.5, 0.6) is 11.5 Å². The van der Waals surface area contributed by atoms with Crippen LogP contribution in [0.1, 0.15) is 11.1 Å². The number of rotatable bonds is 6. The molecule has 5 nitrogen and oxygen atoms in total. The number of phenols is 1. The highest BCUT2D eigenvalue weighted by atomic mass is 32.2. The molecule has 1 unspecified atom stereocenters. The molecule has 1 aliphatic rings. The van der Waals surface area contributed by atoms with Gasteiger partial charge in [-0.3, -0.25) is 4.79 Å². The molecule has 7 heteroatoms. The Morgan fingerprint density at radius 2 is 2.19 bits per heavy atom. The van der Waals surface area contributed by atoms with Gasteiger partial charge < -0.3 is 20.5 Å². The van der Waals surface area contributed by atoms with Crippen molar-refractivity contribution in [1.29, 1.82) is 0 Å². The number of hydrogen-bond donors (Lipinski definition) is 3. The van der Waals surface area contributed by atoms with Crippen molar-refractivity contribution >= 4 is 29.4 Å². The van der Waals surface area contributed by atoms with Crippen molar-refractivity contribution in [3.8, 4) is 11.5 Å². The van der Waals surface area contributed by atoms with Gasteiger partial charge in [-0.2, -0.15) is 0 Å². The summed E-state index contributed by atoms with van der Waals surface area (Å²) in [6, 6.07) is 9.71. The number of carbonyl (C=O) groups is 1. The number of methoxy groups -OCH3 is 1. The molecule has 1 saturated heterocycles. The maximum Gasteiger partial charge on any atom is 0.260 e. The number of aromatic hydroxyl groups is 1. The molecule has 1 heterocycles. The Balaban J connectivity index is 1.83. The van der Waals surface area contributed by atoms with Crippen LogP contribution in [0.4, 0.5) is 10.1 Å². The third-order valence-electron chi connectivity index (χ3n) is 3.95. The maximum atomic E-state index is 13.8. The summed E-state index contributed by atoms with van der Waals surface area (Å²) >= 11 is 1.25. The molecular weight excluding hydrogens is 367 g/mol. The first-order chi connectivity index (χ1) is 13.0. The zero-order chi connectivity index (χ0) is 19.4. The molecule has 0 aliphatic carbocycles. The minimum absolute atomic E-state index is 0.0576.